The first-order valence-electron chi connectivity index (χ1n) is 8.66. The van der Waals surface area contributed by atoms with Gasteiger partial charge in [-0.05, 0) is 31.0 Å². The molecule has 0 aliphatic carbocycles. The molecule has 0 radical (unpaired) electrons. The Morgan fingerprint density at radius 2 is 1.86 bits per heavy atom. The Hall–Kier alpha value is -3.00. The number of nitro benzene ring substituents is 1. The summed E-state index contributed by atoms with van der Waals surface area (Å²) in [5.74, 6) is -1.14. The molecule has 28 heavy (non-hydrogen) atoms. The molecule has 0 spiro atoms. The van der Waals surface area contributed by atoms with Crippen molar-refractivity contribution in [3.05, 3.63) is 69.0 Å². The van der Waals surface area contributed by atoms with Crippen molar-refractivity contribution in [2.45, 2.75) is 32.9 Å². The topological polar surface area (TPSA) is 114 Å². The zero-order chi connectivity index (χ0) is 20.8. The molecule has 2 atom stereocenters. The third-order valence-corrected chi connectivity index (χ3v) is 4.45. The van der Waals surface area contributed by atoms with E-state index in [9.17, 15) is 19.7 Å². The van der Waals surface area contributed by atoms with Crippen LogP contribution in [-0.2, 0) is 4.79 Å². The maximum atomic E-state index is 12.7. The molecule has 2 rings (SSSR count). The number of carbonyl (C=O) groups excluding carboxylic acids is 2. The normalized spacial score (nSPS) is 12.9. The smallest absolute Gasteiger partial charge is 0.270 e. The first kappa shape index (κ1) is 21.3. The molecule has 2 aromatic rings. The van der Waals surface area contributed by atoms with E-state index < -0.39 is 16.9 Å². The standard InChI is InChI=1S/C19H21ClN4O4/c1-11(2)17(19(26)22-12(3)16-6-4-5-9-21-16)23-18(25)14-8-7-13(24(27)28)10-15(14)20/h4-12,17H,1-3H3,(H,22,26)(H,23,25). The molecule has 0 aliphatic rings. The number of pyridine rings is 1. The quantitative estimate of drug-likeness (QED) is 0.543. The first-order chi connectivity index (χ1) is 13.2. The van der Waals surface area contributed by atoms with E-state index in [1.54, 1.807) is 39.1 Å². The number of nitrogens with zero attached hydrogens (tertiary/aromatic N) is 2. The van der Waals surface area contributed by atoms with Gasteiger partial charge in [-0.3, -0.25) is 24.7 Å². The van der Waals surface area contributed by atoms with Gasteiger partial charge in [0, 0.05) is 18.3 Å². The molecule has 0 saturated heterocycles. The van der Waals surface area contributed by atoms with Gasteiger partial charge in [0.25, 0.3) is 11.6 Å². The molecular formula is C19H21ClN4O4. The fourth-order valence-corrected chi connectivity index (χ4v) is 2.83. The van der Waals surface area contributed by atoms with E-state index in [2.05, 4.69) is 15.6 Å². The van der Waals surface area contributed by atoms with Crippen LogP contribution in [0.3, 0.4) is 0 Å². The summed E-state index contributed by atoms with van der Waals surface area (Å²) >= 11 is 6.00. The predicted octanol–water partition coefficient (Wildman–Crippen LogP) is 3.28. The van der Waals surface area contributed by atoms with Crippen LogP contribution in [-0.4, -0.2) is 27.8 Å². The number of rotatable bonds is 7. The molecule has 0 saturated carbocycles. The van der Waals surface area contributed by atoms with Gasteiger partial charge in [-0.15, -0.1) is 0 Å². The summed E-state index contributed by atoms with van der Waals surface area (Å²) in [5, 5.41) is 16.2. The van der Waals surface area contributed by atoms with E-state index in [0.29, 0.717) is 5.69 Å². The van der Waals surface area contributed by atoms with Gasteiger partial charge in [0.15, 0.2) is 0 Å². The van der Waals surface area contributed by atoms with Gasteiger partial charge >= 0.3 is 0 Å². The molecule has 1 heterocycles. The summed E-state index contributed by atoms with van der Waals surface area (Å²) in [7, 11) is 0. The number of nitrogens with one attached hydrogen (secondary N) is 2. The molecule has 0 aliphatic heterocycles. The Bertz CT molecular complexity index is 873. The number of non-ortho nitro benzene ring substituents is 1. The Morgan fingerprint density at radius 3 is 2.39 bits per heavy atom. The number of halogens is 1. The maximum absolute atomic E-state index is 12.7. The van der Waals surface area contributed by atoms with Crippen molar-refractivity contribution in [3.63, 3.8) is 0 Å². The minimum Gasteiger partial charge on any atom is -0.346 e. The van der Waals surface area contributed by atoms with Gasteiger partial charge in [0.1, 0.15) is 6.04 Å². The lowest BCUT2D eigenvalue weighted by molar-refractivity contribution is -0.384. The van der Waals surface area contributed by atoms with Crippen molar-refractivity contribution in [1.29, 1.82) is 0 Å². The van der Waals surface area contributed by atoms with Gasteiger partial charge < -0.3 is 10.6 Å². The molecule has 0 bridgehead atoms. The minimum atomic E-state index is -0.815. The fourth-order valence-electron chi connectivity index (χ4n) is 2.56. The van der Waals surface area contributed by atoms with Crippen molar-refractivity contribution < 1.29 is 14.5 Å². The van der Waals surface area contributed by atoms with Crippen molar-refractivity contribution in [2.75, 3.05) is 0 Å². The monoisotopic (exact) mass is 404 g/mol. The second-order valence-electron chi connectivity index (χ2n) is 6.60. The first-order valence-corrected chi connectivity index (χ1v) is 9.04. The third kappa shape index (κ3) is 5.26. The highest BCUT2D eigenvalue weighted by Crippen LogP contribution is 2.22. The Labute approximate surface area is 167 Å². The summed E-state index contributed by atoms with van der Waals surface area (Å²) in [6.45, 7) is 5.40. The van der Waals surface area contributed by atoms with Gasteiger partial charge in [0.05, 0.1) is 27.2 Å². The molecule has 0 fully saturated rings. The Kier molecular flexibility index (Phi) is 7.06. The predicted molar refractivity (Wildman–Crippen MR) is 105 cm³/mol. The highest BCUT2D eigenvalue weighted by atomic mass is 35.5. The summed E-state index contributed by atoms with van der Waals surface area (Å²) in [6.07, 6.45) is 1.64. The van der Waals surface area contributed by atoms with Crippen molar-refractivity contribution in [3.8, 4) is 0 Å². The van der Waals surface area contributed by atoms with Crippen LogP contribution in [0.25, 0.3) is 0 Å². The number of hydrogen-bond donors (Lipinski definition) is 2. The molecule has 8 nitrogen and oxygen atoms in total. The van der Waals surface area contributed by atoms with Gasteiger partial charge in [0.2, 0.25) is 5.91 Å². The number of amides is 2. The van der Waals surface area contributed by atoms with Crippen LogP contribution < -0.4 is 10.6 Å². The van der Waals surface area contributed by atoms with E-state index in [-0.39, 0.29) is 34.1 Å². The van der Waals surface area contributed by atoms with Crippen LogP contribution in [0.2, 0.25) is 5.02 Å². The summed E-state index contributed by atoms with van der Waals surface area (Å²) in [5.41, 5.74) is 0.537. The lowest BCUT2D eigenvalue weighted by Crippen LogP contribution is -2.50. The highest BCUT2D eigenvalue weighted by molar-refractivity contribution is 6.34. The van der Waals surface area contributed by atoms with E-state index in [4.69, 9.17) is 11.6 Å². The second-order valence-corrected chi connectivity index (χ2v) is 7.01. The SMILES string of the molecule is CC(NC(=O)C(NC(=O)c1ccc([N+](=O)[O-])cc1Cl)C(C)C)c1ccccn1. The van der Waals surface area contributed by atoms with Crippen LogP contribution in [0.5, 0.6) is 0 Å². The Morgan fingerprint density at radius 1 is 1.14 bits per heavy atom. The van der Waals surface area contributed by atoms with Gasteiger partial charge in [-0.1, -0.05) is 31.5 Å². The fraction of sp³-hybridized carbons (Fsp3) is 0.316. The Balaban J connectivity index is 2.12. The molecule has 1 aromatic heterocycles. The van der Waals surface area contributed by atoms with E-state index in [1.807, 2.05) is 6.07 Å². The highest BCUT2D eigenvalue weighted by Gasteiger charge is 2.27. The molecule has 2 amide bonds. The summed E-state index contributed by atoms with van der Waals surface area (Å²) in [4.78, 5) is 39.7. The van der Waals surface area contributed by atoms with Crippen molar-refractivity contribution in [2.24, 2.45) is 5.92 Å². The van der Waals surface area contributed by atoms with Crippen molar-refractivity contribution >= 4 is 29.1 Å². The van der Waals surface area contributed by atoms with E-state index in [1.165, 1.54) is 12.1 Å². The molecule has 2 unspecified atom stereocenters. The summed E-state index contributed by atoms with van der Waals surface area (Å²) < 4.78 is 0. The van der Waals surface area contributed by atoms with E-state index >= 15 is 0 Å². The number of benzene rings is 1. The number of hydrogen-bond acceptors (Lipinski definition) is 5. The number of carbonyl (C=O) groups is 2. The molecule has 148 valence electrons. The van der Waals surface area contributed by atoms with Crippen LogP contribution in [0.4, 0.5) is 5.69 Å². The summed E-state index contributed by atoms with van der Waals surface area (Å²) in [6, 6.07) is 7.80. The largest absolute Gasteiger partial charge is 0.346 e. The minimum absolute atomic E-state index is 0.0588. The zero-order valence-corrected chi connectivity index (χ0v) is 16.4. The van der Waals surface area contributed by atoms with Crippen LogP contribution >= 0.6 is 11.6 Å². The molecule has 2 N–H and O–H groups in total. The lowest BCUT2D eigenvalue weighted by atomic mass is 10.0. The average molecular weight is 405 g/mol. The van der Waals surface area contributed by atoms with Gasteiger partial charge in [-0.2, -0.15) is 0 Å². The van der Waals surface area contributed by atoms with Crippen molar-refractivity contribution in [1.82, 2.24) is 15.6 Å². The zero-order valence-electron chi connectivity index (χ0n) is 15.7. The average Bonchev–Trinajstić information content (AvgIpc) is 2.65. The lowest BCUT2D eigenvalue weighted by Gasteiger charge is -2.24. The molecular weight excluding hydrogens is 384 g/mol. The van der Waals surface area contributed by atoms with E-state index in [0.717, 1.165) is 6.07 Å². The molecule has 1 aromatic carbocycles. The van der Waals surface area contributed by atoms with Gasteiger partial charge in [-0.25, -0.2) is 0 Å². The van der Waals surface area contributed by atoms with Crippen LogP contribution in [0.15, 0.2) is 42.6 Å². The number of nitro groups is 1. The maximum Gasteiger partial charge on any atom is 0.270 e. The number of aromatic nitrogens is 1. The second kappa shape index (κ2) is 9.27. The molecule has 9 heteroatoms. The third-order valence-electron chi connectivity index (χ3n) is 4.13. The van der Waals surface area contributed by atoms with Crippen LogP contribution in [0, 0.1) is 16.0 Å². The van der Waals surface area contributed by atoms with Crippen LogP contribution in [0.1, 0.15) is 42.9 Å².